The number of aromatic nitrogens is 2. The second-order valence-electron chi connectivity index (χ2n) is 5.90. The molecule has 1 aromatic carbocycles. The third-order valence-corrected chi connectivity index (χ3v) is 5.14. The van der Waals surface area contributed by atoms with Crippen molar-refractivity contribution < 1.29 is 13.2 Å². The lowest BCUT2D eigenvalue weighted by molar-refractivity contribution is 0.0662. The largest absolute Gasteiger partial charge is 0.381 e. The van der Waals surface area contributed by atoms with Gasteiger partial charge in [-0.1, -0.05) is 29.8 Å². The SMILES string of the molecule is Cc1cccc(CS(=O)(=O)Nc2cnn(C3CCOCC3)c2)c1. The van der Waals surface area contributed by atoms with Crippen LogP contribution in [0.5, 0.6) is 0 Å². The summed E-state index contributed by atoms with van der Waals surface area (Å²) >= 11 is 0. The summed E-state index contributed by atoms with van der Waals surface area (Å²) in [5.74, 6) is -0.0445. The van der Waals surface area contributed by atoms with Crippen LogP contribution in [0.4, 0.5) is 5.69 Å². The second-order valence-corrected chi connectivity index (χ2v) is 7.63. The number of anilines is 1. The van der Waals surface area contributed by atoms with E-state index in [-0.39, 0.29) is 11.8 Å². The Kier molecular flexibility index (Phi) is 4.68. The molecule has 1 N–H and O–H groups in total. The summed E-state index contributed by atoms with van der Waals surface area (Å²) in [5.41, 5.74) is 2.32. The Labute approximate surface area is 136 Å². The number of nitrogens with one attached hydrogen (secondary N) is 1. The number of nitrogens with zero attached hydrogens (tertiary/aromatic N) is 2. The van der Waals surface area contributed by atoms with Gasteiger partial charge in [0.25, 0.3) is 0 Å². The molecule has 0 radical (unpaired) electrons. The van der Waals surface area contributed by atoms with Crippen LogP contribution in [-0.2, 0) is 20.5 Å². The van der Waals surface area contributed by atoms with Crippen molar-refractivity contribution in [3.63, 3.8) is 0 Å². The molecule has 1 aliphatic heterocycles. The molecule has 2 heterocycles. The Hall–Kier alpha value is -1.86. The van der Waals surface area contributed by atoms with Crippen LogP contribution >= 0.6 is 0 Å². The summed E-state index contributed by atoms with van der Waals surface area (Å²) in [6.45, 7) is 3.39. The van der Waals surface area contributed by atoms with Gasteiger partial charge in [-0.25, -0.2) is 8.42 Å². The highest BCUT2D eigenvalue weighted by Gasteiger charge is 2.18. The van der Waals surface area contributed by atoms with Crippen LogP contribution in [0.2, 0.25) is 0 Å². The van der Waals surface area contributed by atoms with Crippen LogP contribution in [0, 0.1) is 6.92 Å². The summed E-state index contributed by atoms with van der Waals surface area (Å²) in [4.78, 5) is 0. The molecule has 7 heteroatoms. The van der Waals surface area contributed by atoms with Gasteiger partial charge in [-0.05, 0) is 25.3 Å². The topological polar surface area (TPSA) is 73.2 Å². The summed E-state index contributed by atoms with van der Waals surface area (Å²) in [6.07, 6.45) is 5.11. The predicted molar refractivity (Wildman–Crippen MR) is 88.7 cm³/mol. The first-order valence-electron chi connectivity index (χ1n) is 7.70. The zero-order valence-corrected chi connectivity index (χ0v) is 13.9. The standard InChI is InChI=1S/C16H21N3O3S/c1-13-3-2-4-14(9-13)12-23(20,21)18-15-10-17-19(11-15)16-5-7-22-8-6-16/h2-4,9-11,16,18H,5-8,12H2,1H3. The smallest absolute Gasteiger partial charge is 0.237 e. The molecule has 1 saturated heterocycles. The fourth-order valence-electron chi connectivity index (χ4n) is 2.78. The molecule has 1 fully saturated rings. The molecular formula is C16H21N3O3S. The average molecular weight is 335 g/mol. The van der Waals surface area contributed by atoms with Crippen molar-refractivity contribution in [2.24, 2.45) is 0 Å². The van der Waals surface area contributed by atoms with E-state index in [9.17, 15) is 8.42 Å². The van der Waals surface area contributed by atoms with Gasteiger partial charge in [0, 0.05) is 19.4 Å². The van der Waals surface area contributed by atoms with Crippen molar-refractivity contribution in [2.45, 2.75) is 31.6 Å². The number of benzene rings is 1. The van der Waals surface area contributed by atoms with Gasteiger partial charge in [-0.2, -0.15) is 5.10 Å². The van der Waals surface area contributed by atoms with Crippen LogP contribution < -0.4 is 4.72 Å². The predicted octanol–water partition coefficient (Wildman–Crippen LogP) is 2.48. The fraction of sp³-hybridized carbons (Fsp3) is 0.438. The lowest BCUT2D eigenvalue weighted by atomic mass is 10.1. The van der Waals surface area contributed by atoms with E-state index < -0.39 is 10.0 Å². The van der Waals surface area contributed by atoms with Crippen molar-refractivity contribution in [3.8, 4) is 0 Å². The Morgan fingerprint density at radius 1 is 1.35 bits per heavy atom. The lowest BCUT2D eigenvalue weighted by Crippen LogP contribution is -2.20. The molecule has 0 spiro atoms. The highest BCUT2D eigenvalue weighted by molar-refractivity contribution is 7.91. The maximum absolute atomic E-state index is 12.3. The Balaban J connectivity index is 1.67. The molecule has 0 amide bonds. The maximum Gasteiger partial charge on any atom is 0.237 e. The van der Waals surface area contributed by atoms with E-state index in [1.54, 1.807) is 12.4 Å². The van der Waals surface area contributed by atoms with Crippen molar-refractivity contribution in [1.29, 1.82) is 0 Å². The first-order chi connectivity index (χ1) is 11.0. The fourth-order valence-corrected chi connectivity index (χ4v) is 3.93. The highest BCUT2D eigenvalue weighted by atomic mass is 32.2. The Morgan fingerprint density at radius 3 is 2.87 bits per heavy atom. The molecule has 124 valence electrons. The van der Waals surface area contributed by atoms with Gasteiger partial charge in [0.1, 0.15) is 0 Å². The molecule has 0 bridgehead atoms. The number of ether oxygens (including phenoxy) is 1. The number of rotatable bonds is 5. The van der Waals surface area contributed by atoms with Gasteiger partial charge in [0.05, 0.1) is 23.7 Å². The van der Waals surface area contributed by atoms with Crippen LogP contribution in [0.1, 0.15) is 30.0 Å². The number of hydrogen-bond donors (Lipinski definition) is 1. The first kappa shape index (κ1) is 16.0. The van der Waals surface area contributed by atoms with Gasteiger partial charge < -0.3 is 4.74 Å². The van der Waals surface area contributed by atoms with E-state index in [1.807, 2.05) is 35.9 Å². The average Bonchev–Trinajstić information content (AvgIpc) is 2.95. The zero-order valence-electron chi connectivity index (χ0n) is 13.1. The molecule has 2 aromatic rings. The number of aryl methyl sites for hydroxylation is 1. The quantitative estimate of drug-likeness (QED) is 0.911. The summed E-state index contributed by atoms with van der Waals surface area (Å²) in [6, 6.07) is 7.78. The molecule has 0 unspecified atom stereocenters. The van der Waals surface area contributed by atoms with Crippen molar-refractivity contribution in [3.05, 3.63) is 47.8 Å². The van der Waals surface area contributed by atoms with Crippen LogP contribution in [0.25, 0.3) is 0 Å². The maximum atomic E-state index is 12.3. The molecule has 23 heavy (non-hydrogen) atoms. The Morgan fingerprint density at radius 2 is 2.13 bits per heavy atom. The molecule has 3 rings (SSSR count). The van der Waals surface area contributed by atoms with Gasteiger partial charge in [-0.3, -0.25) is 9.40 Å². The number of hydrogen-bond acceptors (Lipinski definition) is 4. The van der Waals surface area contributed by atoms with Crippen LogP contribution in [0.3, 0.4) is 0 Å². The van der Waals surface area contributed by atoms with E-state index in [0.29, 0.717) is 5.69 Å². The van der Waals surface area contributed by atoms with E-state index in [2.05, 4.69) is 9.82 Å². The monoisotopic (exact) mass is 335 g/mol. The van der Waals surface area contributed by atoms with E-state index in [1.165, 1.54) is 0 Å². The molecule has 0 saturated carbocycles. The zero-order chi connectivity index (χ0) is 16.3. The minimum Gasteiger partial charge on any atom is -0.381 e. The van der Waals surface area contributed by atoms with Crippen molar-refractivity contribution >= 4 is 15.7 Å². The minimum atomic E-state index is -3.45. The minimum absolute atomic E-state index is 0.0445. The first-order valence-corrected chi connectivity index (χ1v) is 9.35. The molecule has 0 aliphatic carbocycles. The van der Waals surface area contributed by atoms with Crippen LogP contribution in [-0.4, -0.2) is 31.4 Å². The van der Waals surface area contributed by atoms with Crippen LogP contribution in [0.15, 0.2) is 36.7 Å². The van der Waals surface area contributed by atoms with Gasteiger partial charge >= 0.3 is 0 Å². The normalized spacial score (nSPS) is 16.4. The van der Waals surface area contributed by atoms with Gasteiger partial charge in [-0.15, -0.1) is 0 Å². The van der Waals surface area contributed by atoms with E-state index in [0.717, 1.165) is 37.2 Å². The third-order valence-electron chi connectivity index (χ3n) is 3.88. The van der Waals surface area contributed by atoms with E-state index in [4.69, 9.17) is 4.74 Å². The highest BCUT2D eigenvalue weighted by Crippen LogP contribution is 2.22. The van der Waals surface area contributed by atoms with Gasteiger partial charge in [0.15, 0.2) is 0 Å². The Bertz CT molecular complexity index is 764. The van der Waals surface area contributed by atoms with E-state index >= 15 is 0 Å². The molecular weight excluding hydrogens is 314 g/mol. The molecule has 0 atom stereocenters. The number of sulfonamides is 1. The molecule has 1 aliphatic rings. The van der Waals surface area contributed by atoms with Crippen molar-refractivity contribution in [2.75, 3.05) is 17.9 Å². The lowest BCUT2D eigenvalue weighted by Gasteiger charge is -2.22. The summed E-state index contributed by atoms with van der Waals surface area (Å²) < 4.78 is 34.4. The summed E-state index contributed by atoms with van der Waals surface area (Å²) in [5, 5.41) is 4.28. The van der Waals surface area contributed by atoms with Gasteiger partial charge in [0.2, 0.25) is 10.0 Å². The third kappa shape index (κ3) is 4.33. The molecule has 1 aromatic heterocycles. The second kappa shape index (κ2) is 6.72. The molecule has 6 nitrogen and oxygen atoms in total. The van der Waals surface area contributed by atoms with Crippen molar-refractivity contribution in [1.82, 2.24) is 9.78 Å². The summed E-state index contributed by atoms with van der Waals surface area (Å²) in [7, 11) is -3.45.